The Morgan fingerprint density at radius 2 is 1.93 bits per heavy atom. The van der Waals surface area contributed by atoms with Crippen LogP contribution in [0.5, 0.6) is 0 Å². The SMILES string of the molecule is CC.CCNC(=O)c1ccc(CNc2c(Cl)ccc3c2CCNCC3)cc1F. The maximum absolute atomic E-state index is 14.2. The summed E-state index contributed by atoms with van der Waals surface area (Å²) in [6.07, 6.45) is 1.87. The van der Waals surface area contributed by atoms with Crippen LogP contribution in [0.1, 0.15) is 47.8 Å². The number of benzene rings is 2. The van der Waals surface area contributed by atoms with Crippen LogP contribution in [0.25, 0.3) is 0 Å². The molecule has 0 radical (unpaired) electrons. The van der Waals surface area contributed by atoms with Gasteiger partial charge in [0.25, 0.3) is 5.91 Å². The molecule has 3 rings (SSSR count). The van der Waals surface area contributed by atoms with Crippen molar-refractivity contribution in [1.82, 2.24) is 10.6 Å². The molecule has 152 valence electrons. The van der Waals surface area contributed by atoms with E-state index in [1.54, 1.807) is 13.0 Å². The normalized spacial score (nSPS) is 12.9. The number of halogens is 2. The fraction of sp³-hybridized carbons (Fsp3) is 0.409. The number of hydrogen-bond donors (Lipinski definition) is 3. The first-order valence-electron chi connectivity index (χ1n) is 9.91. The molecule has 4 nitrogen and oxygen atoms in total. The molecule has 1 heterocycles. The first-order chi connectivity index (χ1) is 13.6. The van der Waals surface area contributed by atoms with E-state index in [2.05, 4.69) is 22.0 Å². The Morgan fingerprint density at radius 1 is 1.18 bits per heavy atom. The molecule has 0 unspecified atom stereocenters. The van der Waals surface area contributed by atoms with Gasteiger partial charge in [0.1, 0.15) is 5.82 Å². The highest BCUT2D eigenvalue weighted by Crippen LogP contribution is 2.31. The molecular weight excluding hydrogens is 377 g/mol. The van der Waals surface area contributed by atoms with Crippen LogP contribution in [0, 0.1) is 5.82 Å². The van der Waals surface area contributed by atoms with Gasteiger partial charge < -0.3 is 16.0 Å². The highest BCUT2D eigenvalue weighted by atomic mass is 35.5. The van der Waals surface area contributed by atoms with Crippen molar-refractivity contribution in [3.63, 3.8) is 0 Å². The van der Waals surface area contributed by atoms with Gasteiger partial charge in [0, 0.05) is 13.1 Å². The van der Waals surface area contributed by atoms with Crippen molar-refractivity contribution >= 4 is 23.2 Å². The van der Waals surface area contributed by atoms with Gasteiger partial charge in [0.15, 0.2) is 0 Å². The number of carbonyl (C=O) groups excluding carboxylic acids is 1. The number of fused-ring (bicyclic) bond motifs is 1. The first kappa shape index (κ1) is 22.2. The van der Waals surface area contributed by atoms with Gasteiger partial charge in [-0.2, -0.15) is 0 Å². The molecule has 0 bridgehead atoms. The van der Waals surface area contributed by atoms with Gasteiger partial charge in [-0.1, -0.05) is 37.6 Å². The summed E-state index contributed by atoms with van der Waals surface area (Å²) in [7, 11) is 0. The second-order valence-electron chi connectivity index (χ2n) is 6.34. The molecule has 0 saturated heterocycles. The van der Waals surface area contributed by atoms with Crippen LogP contribution in [-0.2, 0) is 19.4 Å². The van der Waals surface area contributed by atoms with E-state index in [0.29, 0.717) is 18.1 Å². The topological polar surface area (TPSA) is 53.2 Å². The average molecular weight is 406 g/mol. The largest absolute Gasteiger partial charge is 0.380 e. The number of carbonyl (C=O) groups is 1. The molecule has 6 heteroatoms. The second-order valence-corrected chi connectivity index (χ2v) is 6.74. The Morgan fingerprint density at radius 3 is 2.64 bits per heavy atom. The third-order valence-electron chi connectivity index (χ3n) is 4.57. The maximum atomic E-state index is 14.2. The lowest BCUT2D eigenvalue weighted by atomic mass is 10.0. The summed E-state index contributed by atoms with van der Waals surface area (Å²) in [6.45, 7) is 8.58. The summed E-state index contributed by atoms with van der Waals surface area (Å²) in [6, 6.07) is 8.67. The first-order valence-corrected chi connectivity index (χ1v) is 10.3. The lowest BCUT2D eigenvalue weighted by Gasteiger charge is -2.16. The van der Waals surface area contributed by atoms with Crippen molar-refractivity contribution in [2.75, 3.05) is 25.0 Å². The van der Waals surface area contributed by atoms with Crippen LogP contribution >= 0.6 is 11.6 Å². The number of nitrogens with one attached hydrogen (secondary N) is 3. The summed E-state index contributed by atoms with van der Waals surface area (Å²) in [5.74, 6) is -0.911. The van der Waals surface area contributed by atoms with Gasteiger partial charge >= 0.3 is 0 Å². The van der Waals surface area contributed by atoms with E-state index >= 15 is 0 Å². The average Bonchev–Trinajstić information content (AvgIpc) is 2.94. The van der Waals surface area contributed by atoms with E-state index < -0.39 is 11.7 Å². The standard InChI is InChI=1S/C20H23ClFN3O.C2H6/c1-2-24-20(26)16-5-3-13(11-18(16)22)12-25-19-15-8-10-23-9-7-14(15)4-6-17(19)21;1-2/h3-6,11,23,25H,2,7-10,12H2,1H3,(H,24,26);1-2H3. The molecule has 2 aromatic rings. The maximum Gasteiger partial charge on any atom is 0.254 e. The van der Waals surface area contributed by atoms with Crippen molar-refractivity contribution < 1.29 is 9.18 Å². The van der Waals surface area contributed by atoms with E-state index in [4.69, 9.17) is 11.6 Å². The molecule has 0 aromatic heterocycles. The van der Waals surface area contributed by atoms with E-state index in [1.165, 1.54) is 23.3 Å². The smallest absolute Gasteiger partial charge is 0.254 e. The zero-order valence-electron chi connectivity index (χ0n) is 16.8. The number of hydrogen-bond acceptors (Lipinski definition) is 3. The quantitative estimate of drug-likeness (QED) is 0.683. The molecule has 0 fully saturated rings. The minimum absolute atomic E-state index is 0.0632. The minimum Gasteiger partial charge on any atom is -0.380 e. The minimum atomic E-state index is -0.516. The predicted octanol–water partition coefficient (Wildman–Crippen LogP) is 4.56. The lowest BCUT2D eigenvalue weighted by Crippen LogP contribution is -2.23. The van der Waals surface area contributed by atoms with Crippen LogP contribution in [0.3, 0.4) is 0 Å². The zero-order chi connectivity index (χ0) is 20.5. The Kier molecular flexibility index (Phi) is 8.74. The lowest BCUT2D eigenvalue weighted by molar-refractivity contribution is 0.0952. The van der Waals surface area contributed by atoms with Crippen molar-refractivity contribution in [2.24, 2.45) is 0 Å². The van der Waals surface area contributed by atoms with E-state index in [1.807, 2.05) is 19.9 Å². The summed E-state index contributed by atoms with van der Waals surface area (Å²) in [5.41, 5.74) is 4.26. The van der Waals surface area contributed by atoms with Crippen LogP contribution in [0.2, 0.25) is 5.02 Å². The molecule has 1 amide bonds. The fourth-order valence-electron chi connectivity index (χ4n) is 3.23. The molecule has 0 saturated carbocycles. The Labute approximate surface area is 171 Å². The Balaban J connectivity index is 0.00000136. The predicted molar refractivity (Wildman–Crippen MR) is 115 cm³/mol. The summed E-state index contributed by atoms with van der Waals surface area (Å²) >= 11 is 6.40. The van der Waals surface area contributed by atoms with Gasteiger partial charge in [-0.15, -0.1) is 0 Å². The molecule has 1 aliphatic heterocycles. The van der Waals surface area contributed by atoms with E-state index in [-0.39, 0.29) is 5.56 Å². The monoisotopic (exact) mass is 405 g/mol. The number of rotatable bonds is 5. The van der Waals surface area contributed by atoms with E-state index in [9.17, 15) is 9.18 Å². The summed E-state index contributed by atoms with van der Waals surface area (Å²) in [4.78, 5) is 11.8. The highest BCUT2D eigenvalue weighted by molar-refractivity contribution is 6.33. The van der Waals surface area contributed by atoms with Gasteiger partial charge in [0.2, 0.25) is 0 Å². The van der Waals surface area contributed by atoms with Gasteiger partial charge in [0.05, 0.1) is 16.3 Å². The molecule has 2 aromatic carbocycles. The summed E-state index contributed by atoms with van der Waals surface area (Å²) < 4.78 is 14.2. The highest BCUT2D eigenvalue weighted by Gasteiger charge is 2.15. The van der Waals surface area contributed by atoms with Crippen LogP contribution in [0.15, 0.2) is 30.3 Å². The van der Waals surface area contributed by atoms with Gasteiger partial charge in [-0.25, -0.2) is 4.39 Å². The third-order valence-corrected chi connectivity index (χ3v) is 4.88. The zero-order valence-corrected chi connectivity index (χ0v) is 17.5. The Bertz CT molecular complexity index is 811. The molecular formula is C22H29ClFN3O. The molecule has 1 aliphatic rings. The molecule has 0 spiro atoms. The van der Waals surface area contributed by atoms with Crippen LogP contribution < -0.4 is 16.0 Å². The van der Waals surface area contributed by atoms with Crippen molar-refractivity contribution in [3.05, 3.63) is 63.4 Å². The van der Waals surface area contributed by atoms with Crippen LogP contribution in [-0.4, -0.2) is 25.5 Å². The third kappa shape index (κ3) is 5.46. The van der Waals surface area contributed by atoms with Crippen molar-refractivity contribution in [1.29, 1.82) is 0 Å². The molecule has 0 aliphatic carbocycles. The number of anilines is 1. The van der Waals surface area contributed by atoms with Crippen molar-refractivity contribution in [3.8, 4) is 0 Å². The fourth-order valence-corrected chi connectivity index (χ4v) is 3.48. The number of amides is 1. The van der Waals surface area contributed by atoms with Crippen LogP contribution in [0.4, 0.5) is 10.1 Å². The Hall–Kier alpha value is -2.11. The van der Waals surface area contributed by atoms with Gasteiger partial charge in [-0.3, -0.25) is 4.79 Å². The second kappa shape index (κ2) is 11.0. The van der Waals surface area contributed by atoms with Crippen molar-refractivity contribution in [2.45, 2.75) is 40.2 Å². The van der Waals surface area contributed by atoms with Gasteiger partial charge in [-0.05, 0) is 67.7 Å². The van der Waals surface area contributed by atoms with E-state index in [0.717, 1.165) is 37.2 Å². The molecule has 0 atom stereocenters. The molecule has 28 heavy (non-hydrogen) atoms. The molecule has 3 N–H and O–H groups in total. The summed E-state index contributed by atoms with van der Waals surface area (Å²) in [5, 5.41) is 10.0.